The first-order valence-electron chi connectivity index (χ1n) is 5.98. The molecule has 2 rings (SSSR count). The van der Waals surface area contributed by atoms with Crippen molar-refractivity contribution >= 4 is 11.7 Å². The summed E-state index contributed by atoms with van der Waals surface area (Å²) in [6.07, 6.45) is 0.836. The number of Topliss-reactive ketones (excluding diaryl/α,β-unsaturated/α-hetero) is 1. The Labute approximate surface area is 105 Å². The van der Waals surface area contributed by atoms with Crippen LogP contribution in [0.3, 0.4) is 0 Å². The monoisotopic (exact) mass is 250 g/mol. The lowest BCUT2D eigenvalue weighted by molar-refractivity contribution is -0.126. The standard InChI is InChI=1S/C13H15FN2O2/c14-11-4-2-10(3-5-11)12(17)13(18)16-8-1-6-15-7-9-16/h2-5,15H,1,6-9H2. The maximum atomic E-state index is 12.7. The van der Waals surface area contributed by atoms with Gasteiger partial charge in [0.15, 0.2) is 0 Å². The van der Waals surface area contributed by atoms with E-state index in [-0.39, 0.29) is 5.56 Å². The zero-order chi connectivity index (χ0) is 13.0. The van der Waals surface area contributed by atoms with Crippen LogP contribution in [0.25, 0.3) is 0 Å². The summed E-state index contributed by atoms with van der Waals surface area (Å²) in [7, 11) is 0. The first-order chi connectivity index (χ1) is 8.68. The van der Waals surface area contributed by atoms with Crippen molar-refractivity contribution in [1.82, 2.24) is 10.2 Å². The third-order valence-electron chi connectivity index (χ3n) is 2.93. The van der Waals surface area contributed by atoms with E-state index in [4.69, 9.17) is 0 Å². The summed E-state index contributed by atoms with van der Waals surface area (Å²) in [5, 5.41) is 3.16. The molecule has 0 saturated carbocycles. The van der Waals surface area contributed by atoms with E-state index in [2.05, 4.69) is 5.32 Å². The van der Waals surface area contributed by atoms with E-state index in [9.17, 15) is 14.0 Å². The van der Waals surface area contributed by atoms with E-state index in [1.165, 1.54) is 24.3 Å². The van der Waals surface area contributed by atoms with Crippen LogP contribution in [0.4, 0.5) is 4.39 Å². The molecule has 0 unspecified atom stereocenters. The van der Waals surface area contributed by atoms with Crippen molar-refractivity contribution in [3.05, 3.63) is 35.6 Å². The molecule has 0 atom stereocenters. The molecule has 1 aromatic carbocycles. The highest BCUT2D eigenvalue weighted by Gasteiger charge is 2.23. The largest absolute Gasteiger partial charge is 0.334 e. The fourth-order valence-corrected chi connectivity index (χ4v) is 1.92. The highest BCUT2D eigenvalue weighted by atomic mass is 19.1. The minimum atomic E-state index is -0.572. The second-order valence-corrected chi connectivity index (χ2v) is 4.23. The van der Waals surface area contributed by atoms with Crippen LogP contribution in [-0.4, -0.2) is 42.8 Å². The Morgan fingerprint density at radius 1 is 1.11 bits per heavy atom. The van der Waals surface area contributed by atoms with Gasteiger partial charge < -0.3 is 10.2 Å². The van der Waals surface area contributed by atoms with Crippen LogP contribution in [0.5, 0.6) is 0 Å². The number of ketones is 1. The molecule has 1 amide bonds. The number of nitrogens with zero attached hydrogens (tertiary/aromatic N) is 1. The first kappa shape index (κ1) is 12.7. The molecule has 1 N–H and O–H groups in total. The lowest BCUT2D eigenvalue weighted by atomic mass is 10.1. The van der Waals surface area contributed by atoms with Crippen molar-refractivity contribution in [1.29, 1.82) is 0 Å². The quantitative estimate of drug-likeness (QED) is 0.625. The fraction of sp³-hybridized carbons (Fsp3) is 0.385. The number of benzene rings is 1. The van der Waals surface area contributed by atoms with Gasteiger partial charge in [-0.05, 0) is 37.2 Å². The van der Waals surface area contributed by atoms with Gasteiger partial charge in [0.2, 0.25) is 5.78 Å². The highest BCUT2D eigenvalue weighted by molar-refractivity contribution is 6.42. The van der Waals surface area contributed by atoms with Gasteiger partial charge >= 0.3 is 0 Å². The molecule has 4 nitrogen and oxygen atoms in total. The molecule has 5 heteroatoms. The van der Waals surface area contributed by atoms with E-state index >= 15 is 0 Å². The van der Waals surface area contributed by atoms with Crippen LogP contribution in [0.1, 0.15) is 16.8 Å². The van der Waals surface area contributed by atoms with E-state index in [0.29, 0.717) is 19.6 Å². The van der Waals surface area contributed by atoms with E-state index in [1.54, 1.807) is 4.90 Å². The molecule has 1 fully saturated rings. The van der Waals surface area contributed by atoms with Crippen LogP contribution >= 0.6 is 0 Å². The molecule has 0 aliphatic carbocycles. The van der Waals surface area contributed by atoms with Crippen molar-refractivity contribution in [2.24, 2.45) is 0 Å². The number of amides is 1. The maximum absolute atomic E-state index is 12.7. The number of halogens is 1. The van der Waals surface area contributed by atoms with Crippen molar-refractivity contribution in [3.63, 3.8) is 0 Å². The molecule has 96 valence electrons. The van der Waals surface area contributed by atoms with Gasteiger partial charge in [-0.15, -0.1) is 0 Å². The Balaban J connectivity index is 2.07. The Morgan fingerprint density at radius 2 is 1.83 bits per heavy atom. The highest BCUT2D eigenvalue weighted by Crippen LogP contribution is 2.07. The number of rotatable bonds is 2. The van der Waals surface area contributed by atoms with E-state index in [1.807, 2.05) is 0 Å². The van der Waals surface area contributed by atoms with E-state index in [0.717, 1.165) is 13.0 Å². The Kier molecular flexibility index (Phi) is 4.04. The number of nitrogens with one attached hydrogen (secondary N) is 1. The van der Waals surface area contributed by atoms with Gasteiger partial charge in [0.1, 0.15) is 5.82 Å². The molecule has 0 aromatic heterocycles. The predicted octanol–water partition coefficient (Wildman–Crippen LogP) is 0.830. The molecule has 1 saturated heterocycles. The lowest BCUT2D eigenvalue weighted by Gasteiger charge is -2.18. The van der Waals surface area contributed by atoms with Gasteiger partial charge in [0, 0.05) is 25.2 Å². The third-order valence-corrected chi connectivity index (χ3v) is 2.93. The summed E-state index contributed by atoms with van der Waals surface area (Å²) in [6.45, 7) is 2.67. The molecule has 1 aliphatic rings. The van der Waals surface area contributed by atoms with Crippen molar-refractivity contribution in [2.75, 3.05) is 26.2 Å². The molecule has 0 radical (unpaired) electrons. The third kappa shape index (κ3) is 2.92. The van der Waals surface area contributed by atoms with Gasteiger partial charge in [-0.1, -0.05) is 0 Å². The second-order valence-electron chi connectivity index (χ2n) is 4.23. The van der Waals surface area contributed by atoms with Crippen LogP contribution in [0.15, 0.2) is 24.3 Å². The second kappa shape index (κ2) is 5.73. The van der Waals surface area contributed by atoms with Gasteiger partial charge in [-0.25, -0.2) is 4.39 Å². The maximum Gasteiger partial charge on any atom is 0.295 e. The normalized spacial score (nSPS) is 16.2. The average Bonchev–Trinajstić information content (AvgIpc) is 2.67. The summed E-state index contributed by atoms with van der Waals surface area (Å²) in [6, 6.07) is 5.05. The minimum Gasteiger partial charge on any atom is -0.334 e. The summed E-state index contributed by atoms with van der Waals surface area (Å²) in [5.74, 6) is -1.50. The van der Waals surface area contributed by atoms with Crippen LogP contribution in [0, 0.1) is 5.82 Å². The number of hydrogen-bond donors (Lipinski definition) is 1. The molecule has 18 heavy (non-hydrogen) atoms. The van der Waals surface area contributed by atoms with Crippen LogP contribution < -0.4 is 5.32 Å². The molecule has 1 aliphatic heterocycles. The molecular weight excluding hydrogens is 235 g/mol. The Bertz CT molecular complexity index is 437. The van der Waals surface area contributed by atoms with Crippen molar-refractivity contribution in [3.8, 4) is 0 Å². The molecular formula is C13H15FN2O2. The fourth-order valence-electron chi connectivity index (χ4n) is 1.92. The first-order valence-corrected chi connectivity index (χ1v) is 5.98. The average molecular weight is 250 g/mol. The van der Waals surface area contributed by atoms with Gasteiger partial charge in [0.25, 0.3) is 5.91 Å². The zero-order valence-corrected chi connectivity index (χ0v) is 9.99. The van der Waals surface area contributed by atoms with Gasteiger partial charge in [-0.3, -0.25) is 9.59 Å². The van der Waals surface area contributed by atoms with Gasteiger partial charge in [0.05, 0.1) is 0 Å². The van der Waals surface area contributed by atoms with Crippen molar-refractivity contribution in [2.45, 2.75) is 6.42 Å². The summed E-state index contributed by atoms with van der Waals surface area (Å²) in [5.41, 5.74) is 0.235. The number of carbonyl (C=O) groups excluding carboxylic acids is 2. The zero-order valence-electron chi connectivity index (χ0n) is 9.99. The summed E-state index contributed by atoms with van der Waals surface area (Å²) < 4.78 is 12.7. The smallest absolute Gasteiger partial charge is 0.295 e. The number of hydrogen-bond acceptors (Lipinski definition) is 3. The SMILES string of the molecule is O=C(C(=O)N1CCCNCC1)c1ccc(F)cc1. The Hall–Kier alpha value is -1.75. The summed E-state index contributed by atoms with van der Waals surface area (Å²) in [4.78, 5) is 25.5. The molecule has 1 aromatic rings. The summed E-state index contributed by atoms with van der Waals surface area (Å²) >= 11 is 0. The molecule has 0 spiro atoms. The number of carbonyl (C=O) groups is 2. The predicted molar refractivity (Wildman–Crippen MR) is 64.8 cm³/mol. The molecule has 1 heterocycles. The van der Waals surface area contributed by atoms with Crippen LogP contribution in [0.2, 0.25) is 0 Å². The topological polar surface area (TPSA) is 49.4 Å². The lowest BCUT2D eigenvalue weighted by Crippen LogP contribution is -2.38. The Morgan fingerprint density at radius 3 is 2.56 bits per heavy atom. The van der Waals surface area contributed by atoms with Gasteiger partial charge in [-0.2, -0.15) is 0 Å². The van der Waals surface area contributed by atoms with E-state index < -0.39 is 17.5 Å². The minimum absolute atomic E-state index is 0.235. The van der Waals surface area contributed by atoms with Crippen molar-refractivity contribution < 1.29 is 14.0 Å². The van der Waals surface area contributed by atoms with Crippen LogP contribution in [-0.2, 0) is 4.79 Å². The molecule has 0 bridgehead atoms.